The molecule has 0 aliphatic heterocycles. The highest BCUT2D eigenvalue weighted by atomic mass is 16.4. The van der Waals surface area contributed by atoms with Gasteiger partial charge in [-0.15, -0.1) is 5.16 Å². The van der Waals surface area contributed by atoms with E-state index in [2.05, 4.69) is 39.5 Å². The van der Waals surface area contributed by atoms with E-state index in [1.807, 2.05) is 20.2 Å². The van der Waals surface area contributed by atoms with Gasteiger partial charge in [0.25, 0.3) is 0 Å². The Hall–Kier alpha value is -2.89. The number of ketones is 1. The summed E-state index contributed by atoms with van der Waals surface area (Å²) >= 11 is 0. The van der Waals surface area contributed by atoms with E-state index in [0.29, 0.717) is 12.3 Å². The van der Waals surface area contributed by atoms with Crippen LogP contribution in [0.25, 0.3) is 0 Å². The van der Waals surface area contributed by atoms with Gasteiger partial charge in [0.1, 0.15) is 0 Å². The molecule has 0 unspecified atom stereocenters. The van der Waals surface area contributed by atoms with Crippen molar-refractivity contribution >= 4 is 23.4 Å². The lowest BCUT2D eigenvalue weighted by Gasteiger charge is -2.50. The molecule has 0 radical (unpaired) electrons. The first-order valence-electron chi connectivity index (χ1n) is 11.6. The fourth-order valence-corrected chi connectivity index (χ4v) is 6.94. The van der Waals surface area contributed by atoms with E-state index in [1.54, 1.807) is 6.21 Å². The highest BCUT2D eigenvalue weighted by Gasteiger charge is 2.57. The van der Waals surface area contributed by atoms with Crippen molar-refractivity contribution in [2.75, 3.05) is 19.0 Å². The molecule has 4 atom stereocenters. The highest BCUT2D eigenvalue weighted by Crippen LogP contribution is 2.62. The molecule has 4 aliphatic rings. The van der Waals surface area contributed by atoms with Gasteiger partial charge in [-0.05, 0) is 85.3 Å². The second-order valence-electron chi connectivity index (χ2n) is 9.93. The minimum atomic E-state index is -0.533. The molecule has 0 aromatic heterocycles. The van der Waals surface area contributed by atoms with E-state index in [-0.39, 0.29) is 17.6 Å². The summed E-state index contributed by atoms with van der Waals surface area (Å²) in [5.74, 6) is 0.957. The van der Waals surface area contributed by atoms with Gasteiger partial charge in [0.05, 0.1) is 17.3 Å². The average molecular weight is 434 g/mol. The standard InChI is InChI=1S/C26H31N3O3/c1-29(2)18-6-3-16(4-7-18)22-14-26(15-27-31)23(11-12-24(26)28-32)21-9-5-17-13-19(30)8-10-20(17)25(21)22/h3-4,6-7,13,15,21-23,31-32H,5,8-12,14H2,1-2H3/b27-15?,28-24+/t21-,22+,23-,26+/m0/s1. The molecule has 0 amide bonds. The van der Waals surface area contributed by atoms with Crippen LogP contribution in [0, 0.1) is 17.3 Å². The van der Waals surface area contributed by atoms with Crippen molar-refractivity contribution in [3.8, 4) is 0 Å². The molecule has 2 saturated carbocycles. The number of rotatable bonds is 3. The number of benzene rings is 1. The lowest BCUT2D eigenvalue weighted by atomic mass is 9.53. The summed E-state index contributed by atoms with van der Waals surface area (Å²) in [5, 5.41) is 26.6. The van der Waals surface area contributed by atoms with Crippen LogP contribution in [0.15, 0.2) is 57.4 Å². The summed E-state index contributed by atoms with van der Waals surface area (Å²) in [5.41, 5.74) is 6.66. The van der Waals surface area contributed by atoms with Crippen LogP contribution in [0.5, 0.6) is 0 Å². The Kier molecular flexibility index (Phi) is 5.19. The van der Waals surface area contributed by atoms with Crippen molar-refractivity contribution in [2.45, 2.75) is 50.9 Å². The zero-order valence-corrected chi connectivity index (χ0v) is 18.8. The third-order valence-electron chi connectivity index (χ3n) is 8.33. The van der Waals surface area contributed by atoms with Gasteiger partial charge in [0.2, 0.25) is 0 Å². The van der Waals surface area contributed by atoms with Crippen LogP contribution in [-0.4, -0.2) is 42.2 Å². The largest absolute Gasteiger partial charge is 0.411 e. The molecule has 2 fully saturated rings. The Balaban J connectivity index is 1.69. The molecule has 0 spiro atoms. The van der Waals surface area contributed by atoms with Crippen molar-refractivity contribution in [2.24, 2.45) is 27.6 Å². The van der Waals surface area contributed by atoms with E-state index in [0.717, 1.165) is 49.9 Å². The predicted octanol–water partition coefficient (Wildman–Crippen LogP) is 4.92. The van der Waals surface area contributed by atoms with E-state index < -0.39 is 5.41 Å². The normalized spacial score (nSPS) is 33.2. The summed E-state index contributed by atoms with van der Waals surface area (Å²) in [6.07, 6.45) is 9.18. The first kappa shape index (κ1) is 21.0. The quantitative estimate of drug-likeness (QED) is 0.402. The van der Waals surface area contributed by atoms with E-state index in [9.17, 15) is 15.2 Å². The maximum atomic E-state index is 12.1. The van der Waals surface area contributed by atoms with E-state index in [4.69, 9.17) is 0 Å². The van der Waals surface area contributed by atoms with Gasteiger partial charge in [-0.3, -0.25) is 4.79 Å². The number of carbonyl (C=O) groups excluding carboxylic acids is 1. The Morgan fingerprint density at radius 1 is 1.06 bits per heavy atom. The number of nitrogens with zero attached hydrogens (tertiary/aromatic N) is 3. The molecule has 168 valence electrons. The molecule has 4 aliphatic carbocycles. The summed E-state index contributed by atoms with van der Waals surface area (Å²) in [7, 11) is 4.07. The topological polar surface area (TPSA) is 85.5 Å². The van der Waals surface area contributed by atoms with Gasteiger partial charge < -0.3 is 15.3 Å². The molecule has 1 aromatic rings. The first-order chi connectivity index (χ1) is 15.5. The minimum absolute atomic E-state index is 0.132. The molecule has 2 N–H and O–H groups in total. The number of carbonyl (C=O) groups is 1. The summed E-state index contributed by atoms with van der Waals surface area (Å²) in [6.45, 7) is 0. The fraction of sp³-hybridized carbons (Fsp3) is 0.500. The third kappa shape index (κ3) is 3.11. The van der Waals surface area contributed by atoms with Crippen LogP contribution in [0.3, 0.4) is 0 Å². The molecule has 5 rings (SSSR count). The molecular formula is C26H31N3O3. The second kappa shape index (κ2) is 7.91. The zero-order valence-electron chi connectivity index (χ0n) is 18.8. The number of hydrogen-bond acceptors (Lipinski definition) is 6. The second-order valence-corrected chi connectivity index (χ2v) is 9.93. The van der Waals surface area contributed by atoms with Crippen LogP contribution >= 0.6 is 0 Å². The van der Waals surface area contributed by atoms with Crippen molar-refractivity contribution in [3.63, 3.8) is 0 Å². The molecule has 0 bridgehead atoms. The van der Waals surface area contributed by atoms with Gasteiger partial charge >= 0.3 is 0 Å². The van der Waals surface area contributed by atoms with Gasteiger partial charge in [-0.2, -0.15) is 0 Å². The van der Waals surface area contributed by atoms with Crippen LogP contribution in [0.1, 0.15) is 56.4 Å². The zero-order chi connectivity index (χ0) is 22.5. The van der Waals surface area contributed by atoms with Crippen molar-refractivity contribution in [3.05, 3.63) is 52.6 Å². The number of anilines is 1. The molecule has 6 heteroatoms. The van der Waals surface area contributed by atoms with Crippen LogP contribution in [0.4, 0.5) is 5.69 Å². The number of oxime groups is 2. The average Bonchev–Trinajstić information content (AvgIpc) is 3.16. The third-order valence-corrected chi connectivity index (χ3v) is 8.33. The van der Waals surface area contributed by atoms with Gasteiger partial charge in [0.15, 0.2) is 5.78 Å². The Labute approximate surface area is 189 Å². The van der Waals surface area contributed by atoms with Crippen molar-refractivity contribution < 1.29 is 15.2 Å². The Bertz CT molecular complexity index is 1050. The minimum Gasteiger partial charge on any atom is -0.411 e. The highest BCUT2D eigenvalue weighted by molar-refractivity contribution is 6.05. The molecular weight excluding hydrogens is 402 g/mol. The molecule has 0 saturated heterocycles. The maximum Gasteiger partial charge on any atom is 0.156 e. The van der Waals surface area contributed by atoms with Crippen molar-refractivity contribution in [1.29, 1.82) is 0 Å². The number of allylic oxidation sites excluding steroid dienone is 4. The van der Waals surface area contributed by atoms with Gasteiger partial charge in [-0.25, -0.2) is 0 Å². The van der Waals surface area contributed by atoms with Crippen molar-refractivity contribution in [1.82, 2.24) is 0 Å². The fourth-order valence-electron chi connectivity index (χ4n) is 6.94. The Morgan fingerprint density at radius 3 is 2.53 bits per heavy atom. The van der Waals surface area contributed by atoms with Crippen LogP contribution < -0.4 is 4.90 Å². The lowest BCUT2D eigenvalue weighted by molar-refractivity contribution is -0.114. The lowest BCUT2D eigenvalue weighted by Crippen LogP contribution is -2.46. The van der Waals surface area contributed by atoms with Crippen LogP contribution in [0.2, 0.25) is 0 Å². The summed E-state index contributed by atoms with van der Waals surface area (Å²) < 4.78 is 0. The first-order valence-corrected chi connectivity index (χ1v) is 11.6. The van der Waals surface area contributed by atoms with E-state index >= 15 is 0 Å². The Morgan fingerprint density at radius 2 is 1.84 bits per heavy atom. The number of fused-ring (bicyclic) bond motifs is 4. The molecule has 1 aromatic carbocycles. The summed E-state index contributed by atoms with van der Waals surface area (Å²) in [4.78, 5) is 14.2. The molecule has 6 nitrogen and oxygen atoms in total. The number of hydrogen-bond donors (Lipinski definition) is 2. The summed E-state index contributed by atoms with van der Waals surface area (Å²) in [6, 6.07) is 8.69. The predicted molar refractivity (Wildman–Crippen MR) is 125 cm³/mol. The SMILES string of the molecule is CN(C)c1ccc([C@H]2C[C@]3(C=NO)/C(=N/O)CC[C@H]3[C@@H]3CCC4=CC(=O)CCC4=C32)cc1. The van der Waals surface area contributed by atoms with Gasteiger partial charge in [-0.1, -0.05) is 22.9 Å². The maximum absolute atomic E-state index is 12.1. The molecule has 0 heterocycles. The van der Waals surface area contributed by atoms with Crippen LogP contribution in [-0.2, 0) is 4.79 Å². The van der Waals surface area contributed by atoms with E-state index in [1.165, 1.54) is 22.3 Å². The smallest absolute Gasteiger partial charge is 0.156 e. The monoisotopic (exact) mass is 433 g/mol. The van der Waals surface area contributed by atoms with Gasteiger partial charge in [0, 0.05) is 32.1 Å². The molecule has 32 heavy (non-hydrogen) atoms.